The SMILES string of the molecule is CCOC(=O)C1(Cc2ccn(C(C)C)n2)CCCCC1=O. The van der Waals surface area contributed by atoms with Gasteiger partial charge in [0.25, 0.3) is 0 Å². The first-order valence-corrected chi connectivity index (χ1v) is 7.74. The number of hydrogen-bond acceptors (Lipinski definition) is 4. The Balaban J connectivity index is 2.26. The number of Topliss-reactive ketones (excluding diaryl/α,β-unsaturated/α-hetero) is 1. The van der Waals surface area contributed by atoms with Crippen molar-refractivity contribution in [3.63, 3.8) is 0 Å². The molecule has 1 atom stereocenters. The number of esters is 1. The lowest BCUT2D eigenvalue weighted by molar-refractivity contribution is -0.162. The van der Waals surface area contributed by atoms with Gasteiger partial charge in [-0.2, -0.15) is 5.10 Å². The molecule has 0 aliphatic heterocycles. The van der Waals surface area contributed by atoms with Crippen LogP contribution in [0.1, 0.15) is 58.2 Å². The second kappa shape index (κ2) is 6.41. The summed E-state index contributed by atoms with van der Waals surface area (Å²) >= 11 is 0. The van der Waals surface area contributed by atoms with E-state index in [1.165, 1.54) is 0 Å². The molecule has 0 aromatic carbocycles. The summed E-state index contributed by atoms with van der Waals surface area (Å²) in [6.45, 7) is 6.16. The van der Waals surface area contributed by atoms with E-state index < -0.39 is 5.41 Å². The maximum absolute atomic E-state index is 12.4. The van der Waals surface area contributed by atoms with Crippen molar-refractivity contribution in [2.24, 2.45) is 5.41 Å². The average molecular weight is 292 g/mol. The molecule has 0 saturated heterocycles. The van der Waals surface area contributed by atoms with Crippen LogP contribution in [0.15, 0.2) is 12.3 Å². The van der Waals surface area contributed by atoms with E-state index in [9.17, 15) is 9.59 Å². The summed E-state index contributed by atoms with van der Waals surface area (Å²) in [5.74, 6) is -0.375. The molecular formula is C16H24N2O3. The molecule has 1 unspecified atom stereocenters. The minimum absolute atomic E-state index is 0.00583. The number of hydrogen-bond donors (Lipinski definition) is 0. The second-order valence-electron chi connectivity index (χ2n) is 5.99. The van der Waals surface area contributed by atoms with Crippen LogP contribution in [-0.2, 0) is 20.7 Å². The Morgan fingerprint density at radius 3 is 2.81 bits per heavy atom. The minimum Gasteiger partial charge on any atom is -0.465 e. The van der Waals surface area contributed by atoms with E-state index in [-0.39, 0.29) is 17.8 Å². The number of nitrogens with zero attached hydrogens (tertiary/aromatic N) is 2. The zero-order valence-electron chi connectivity index (χ0n) is 13.1. The fourth-order valence-electron chi connectivity index (χ4n) is 2.90. The lowest BCUT2D eigenvalue weighted by Gasteiger charge is -2.32. The van der Waals surface area contributed by atoms with Gasteiger partial charge in [-0.3, -0.25) is 14.3 Å². The van der Waals surface area contributed by atoms with Crippen LogP contribution in [0, 0.1) is 5.41 Å². The van der Waals surface area contributed by atoms with E-state index in [0.29, 0.717) is 25.9 Å². The highest BCUT2D eigenvalue weighted by atomic mass is 16.5. The van der Waals surface area contributed by atoms with Gasteiger partial charge in [0.2, 0.25) is 0 Å². The lowest BCUT2D eigenvalue weighted by Crippen LogP contribution is -2.44. The summed E-state index contributed by atoms with van der Waals surface area (Å²) in [4.78, 5) is 24.8. The first-order valence-electron chi connectivity index (χ1n) is 7.74. The van der Waals surface area contributed by atoms with E-state index in [4.69, 9.17) is 4.74 Å². The Morgan fingerprint density at radius 1 is 1.48 bits per heavy atom. The number of ether oxygens (including phenoxy) is 1. The summed E-state index contributed by atoms with van der Waals surface area (Å²) in [5.41, 5.74) is -0.239. The molecule has 1 aliphatic carbocycles. The van der Waals surface area contributed by atoms with Crippen molar-refractivity contribution in [3.05, 3.63) is 18.0 Å². The molecule has 1 aromatic heterocycles. The van der Waals surface area contributed by atoms with Gasteiger partial charge in [0, 0.05) is 25.1 Å². The smallest absolute Gasteiger partial charge is 0.320 e. The summed E-state index contributed by atoms with van der Waals surface area (Å²) < 4.78 is 7.04. The van der Waals surface area contributed by atoms with Gasteiger partial charge in [-0.25, -0.2) is 0 Å². The third kappa shape index (κ3) is 3.17. The van der Waals surface area contributed by atoms with Crippen LogP contribution in [0.2, 0.25) is 0 Å². The molecule has 5 heteroatoms. The molecule has 1 aliphatic rings. The second-order valence-corrected chi connectivity index (χ2v) is 5.99. The Kier molecular flexibility index (Phi) is 4.80. The van der Waals surface area contributed by atoms with Crippen molar-refractivity contribution in [1.82, 2.24) is 9.78 Å². The first kappa shape index (κ1) is 15.7. The highest BCUT2D eigenvalue weighted by Gasteiger charge is 2.48. The molecule has 0 bridgehead atoms. The Bertz CT molecular complexity index is 521. The average Bonchev–Trinajstić information content (AvgIpc) is 2.90. The number of ketones is 1. The van der Waals surface area contributed by atoms with Crippen molar-refractivity contribution in [2.45, 2.75) is 58.9 Å². The van der Waals surface area contributed by atoms with Crippen molar-refractivity contribution in [2.75, 3.05) is 6.61 Å². The Hall–Kier alpha value is -1.65. The minimum atomic E-state index is -1.02. The van der Waals surface area contributed by atoms with Crippen LogP contribution in [0.25, 0.3) is 0 Å². The largest absolute Gasteiger partial charge is 0.465 e. The highest BCUT2D eigenvalue weighted by molar-refractivity contribution is 6.04. The van der Waals surface area contributed by atoms with Gasteiger partial charge in [-0.15, -0.1) is 0 Å². The van der Waals surface area contributed by atoms with Crippen LogP contribution in [0.3, 0.4) is 0 Å². The maximum atomic E-state index is 12.4. The van der Waals surface area contributed by atoms with Crippen LogP contribution in [0.4, 0.5) is 0 Å². The predicted molar refractivity (Wildman–Crippen MR) is 78.9 cm³/mol. The van der Waals surface area contributed by atoms with Gasteiger partial charge in [-0.1, -0.05) is 6.42 Å². The van der Waals surface area contributed by atoms with Crippen molar-refractivity contribution in [3.8, 4) is 0 Å². The quantitative estimate of drug-likeness (QED) is 0.618. The van der Waals surface area contributed by atoms with Gasteiger partial charge in [0.1, 0.15) is 5.41 Å². The third-order valence-corrected chi connectivity index (χ3v) is 4.13. The maximum Gasteiger partial charge on any atom is 0.320 e. The van der Waals surface area contributed by atoms with Crippen molar-refractivity contribution < 1.29 is 14.3 Å². The van der Waals surface area contributed by atoms with Gasteiger partial charge >= 0.3 is 5.97 Å². The first-order chi connectivity index (χ1) is 9.99. The third-order valence-electron chi connectivity index (χ3n) is 4.13. The lowest BCUT2D eigenvalue weighted by atomic mass is 9.70. The molecule has 0 amide bonds. The van der Waals surface area contributed by atoms with E-state index in [0.717, 1.165) is 18.5 Å². The molecule has 1 fully saturated rings. The number of carbonyl (C=O) groups is 2. The van der Waals surface area contributed by atoms with Gasteiger partial charge < -0.3 is 4.74 Å². The van der Waals surface area contributed by atoms with Gasteiger partial charge in [0.15, 0.2) is 5.78 Å². The molecular weight excluding hydrogens is 268 g/mol. The van der Waals surface area contributed by atoms with E-state index in [1.54, 1.807) is 6.92 Å². The zero-order valence-corrected chi connectivity index (χ0v) is 13.1. The van der Waals surface area contributed by atoms with Crippen LogP contribution >= 0.6 is 0 Å². The molecule has 1 aromatic rings. The fourth-order valence-corrected chi connectivity index (χ4v) is 2.90. The van der Waals surface area contributed by atoms with Crippen molar-refractivity contribution >= 4 is 11.8 Å². The molecule has 0 radical (unpaired) electrons. The molecule has 5 nitrogen and oxygen atoms in total. The monoisotopic (exact) mass is 292 g/mol. The van der Waals surface area contributed by atoms with Crippen LogP contribution in [-0.4, -0.2) is 28.1 Å². The summed E-state index contributed by atoms with van der Waals surface area (Å²) in [6.07, 6.45) is 5.02. The standard InChI is InChI=1S/C16H24N2O3/c1-4-21-15(20)16(9-6-5-7-14(16)19)11-13-8-10-18(17-13)12(2)3/h8,10,12H,4-7,9,11H2,1-3H3. The van der Waals surface area contributed by atoms with Crippen LogP contribution < -0.4 is 0 Å². The summed E-state index contributed by atoms with van der Waals surface area (Å²) in [6, 6.07) is 2.16. The molecule has 2 rings (SSSR count). The normalized spacial score (nSPS) is 22.6. The number of aromatic nitrogens is 2. The van der Waals surface area contributed by atoms with Gasteiger partial charge in [0.05, 0.1) is 12.3 Å². The molecule has 0 spiro atoms. The number of carbonyl (C=O) groups excluding carboxylic acids is 2. The molecule has 116 valence electrons. The van der Waals surface area contributed by atoms with E-state index in [1.807, 2.05) is 30.8 Å². The topological polar surface area (TPSA) is 61.2 Å². The fraction of sp³-hybridized carbons (Fsp3) is 0.688. The summed E-state index contributed by atoms with van der Waals surface area (Å²) in [5, 5.41) is 4.48. The zero-order chi connectivity index (χ0) is 15.5. The van der Waals surface area contributed by atoms with Crippen molar-refractivity contribution in [1.29, 1.82) is 0 Å². The molecule has 21 heavy (non-hydrogen) atoms. The predicted octanol–water partition coefficient (Wildman–Crippen LogP) is 2.70. The highest BCUT2D eigenvalue weighted by Crippen LogP contribution is 2.37. The van der Waals surface area contributed by atoms with Crippen LogP contribution in [0.5, 0.6) is 0 Å². The molecule has 1 saturated carbocycles. The Morgan fingerprint density at radius 2 is 2.24 bits per heavy atom. The molecule has 0 N–H and O–H groups in total. The Labute approximate surface area is 125 Å². The summed E-state index contributed by atoms with van der Waals surface area (Å²) in [7, 11) is 0. The number of rotatable bonds is 5. The van der Waals surface area contributed by atoms with E-state index in [2.05, 4.69) is 5.10 Å². The molecule has 1 heterocycles. The van der Waals surface area contributed by atoms with Gasteiger partial charge in [-0.05, 0) is 39.7 Å². The van der Waals surface area contributed by atoms with E-state index >= 15 is 0 Å².